The fourth-order valence-electron chi connectivity index (χ4n) is 2.89. The second kappa shape index (κ2) is 10.7. The minimum atomic E-state index is -2.07. The van der Waals surface area contributed by atoms with E-state index in [1.54, 1.807) is 6.07 Å². The van der Waals surface area contributed by atoms with E-state index in [0.717, 1.165) is 4.90 Å². The van der Waals surface area contributed by atoms with Crippen LogP contribution in [-0.2, 0) is 24.7 Å². The van der Waals surface area contributed by atoms with Gasteiger partial charge in [0.1, 0.15) is 11.3 Å². The molecule has 0 aliphatic rings. The predicted molar refractivity (Wildman–Crippen MR) is 102 cm³/mol. The summed E-state index contributed by atoms with van der Waals surface area (Å²) >= 11 is 0. The fourth-order valence-corrected chi connectivity index (χ4v) is 2.89. The van der Waals surface area contributed by atoms with E-state index in [0.29, 0.717) is 0 Å². The first-order valence-electron chi connectivity index (χ1n) is 8.64. The van der Waals surface area contributed by atoms with E-state index in [2.05, 4.69) is 10.6 Å². The summed E-state index contributed by atoms with van der Waals surface area (Å²) in [4.78, 5) is 46.6. The van der Waals surface area contributed by atoms with Crippen molar-refractivity contribution in [2.24, 2.45) is 0 Å². The molecule has 0 bridgehead atoms. The first-order valence-corrected chi connectivity index (χ1v) is 8.64. The van der Waals surface area contributed by atoms with Gasteiger partial charge in [0.15, 0.2) is 0 Å². The molecule has 1 aromatic rings. The Hall–Kier alpha value is -3.69. The number of hydrogen-bond acceptors (Lipinski definition) is 8. The van der Waals surface area contributed by atoms with Gasteiger partial charge in [0, 0.05) is 24.7 Å². The molecule has 0 heterocycles. The number of rotatable bonds is 12. The second-order valence-corrected chi connectivity index (χ2v) is 6.38. The Bertz CT molecular complexity index is 850. The molecule has 0 saturated heterocycles. The molecule has 0 aliphatic carbocycles. The Morgan fingerprint density at radius 2 is 1.73 bits per heavy atom. The van der Waals surface area contributed by atoms with Crippen molar-refractivity contribution in [1.82, 2.24) is 10.2 Å². The molecule has 30 heavy (non-hydrogen) atoms. The maximum atomic E-state index is 12.2. The van der Waals surface area contributed by atoms with Gasteiger partial charge in [-0.2, -0.15) is 5.26 Å². The topological polar surface area (TPSA) is 200 Å². The Labute approximate surface area is 171 Å². The SMILES string of the molecule is CC(=O)Nc1ccc(O)c(C(CCN(CC(=O)O)CC(=O)O)(NCC#N)C(=O)O)c1. The van der Waals surface area contributed by atoms with Crippen LogP contribution in [0.4, 0.5) is 5.69 Å². The molecule has 1 amide bonds. The van der Waals surface area contributed by atoms with Crippen molar-refractivity contribution in [3.8, 4) is 11.8 Å². The van der Waals surface area contributed by atoms with Gasteiger partial charge in [-0.25, -0.2) is 4.79 Å². The van der Waals surface area contributed by atoms with E-state index >= 15 is 0 Å². The van der Waals surface area contributed by atoms with Crippen LogP contribution in [0.2, 0.25) is 0 Å². The van der Waals surface area contributed by atoms with E-state index in [1.807, 2.05) is 0 Å². The predicted octanol–water partition coefficient (Wildman–Crippen LogP) is -0.395. The Kier molecular flexibility index (Phi) is 8.72. The van der Waals surface area contributed by atoms with Crippen molar-refractivity contribution in [2.45, 2.75) is 18.9 Å². The van der Waals surface area contributed by atoms with Gasteiger partial charge in [-0.3, -0.25) is 24.6 Å². The smallest absolute Gasteiger partial charge is 0.328 e. The van der Waals surface area contributed by atoms with Crippen LogP contribution in [0.1, 0.15) is 18.9 Å². The van der Waals surface area contributed by atoms with Gasteiger partial charge in [0.2, 0.25) is 5.91 Å². The van der Waals surface area contributed by atoms with Crippen molar-refractivity contribution in [1.29, 1.82) is 5.26 Å². The van der Waals surface area contributed by atoms with E-state index in [4.69, 9.17) is 15.5 Å². The van der Waals surface area contributed by atoms with Gasteiger partial charge in [-0.15, -0.1) is 0 Å². The lowest BCUT2D eigenvalue weighted by Crippen LogP contribution is -2.52. The molecule has 1 unspecified atom stereocenters. The highest BCUT2D eigenvalue weighted by Gasteiger charge is 2.42. The highest BCUT2D eigenvalue weighted by molar-refractivity contribution is 5.90. The average Bonchev–Trinajstić information content (AvgIpc) is 2.62. The summed E-state index contributed by atoms with van der Waals surface area (Å²) in [5.74, 6) is -4.99. The van der Waals surface area contributed by atoms with Gasteiger partial charge in [0.05, 0.1) is 25.7 Å². The van der Waals surface area contributed by atoms with Crippen LogP contribution < -0.4 is 10.6 Å². The molecule has 12 nitrogen and oxygen atoms in total. The second-order valence-electron chi connectivity index (χ2n) is 6.38. The van der Waals surface area contributed by atoms with Gasteiger partial charge in [-0.05, 0) is 24.6 Å². The number of benzene rings is 1. The summed E-state index contributed by atoms with van der Waals surface area (Å²) in [6.45, 7) is -0.808. The summed E-state index contributed by atoms with van der Waals surface area (Å²) < 4.78 is 0. The monoisotopic (exact) mass is 422 g/mol. The number of aliphatic carboxylic acids is 3. The molecule has 0 aliphatic heterocycles. The van der Waals surface area contributed by atoms with Gasteiger partial charge < -0.3 is 25.7 Å². The minimum absolute atomic E-state index is 0.179. The van der Waals surface area contributed by atoms with E-state index in [9.17, 15) is 29.4 Å². The first-order chi connectivity index (χ1) is 14.0. The van der Waals surface area contributed by atoms with Crippen molar-refractivity contribution in [3.05, 3.63) is 23.8 Å². The number of hydrogen-bond donors (Lipinski definition) is 6. The zero-order valence-corrected chi connectivity index (χ0v) is 16.1. The molecular formula is C18H22N4O8. The fraction of sp³-hybridized carbons (Fsp3) is 0.389. The molecule has 0 fully saturated rings. The molecule has 0 saturated carbocycles. The van der Waals surface area contributed by atoms with Crippen LogP contribution in [0.25, 0.3) is 0 Å². The summed E-state index contributed by atoms with van der Waals surface area (Å²) in [5, 5.41) is 52.1. The van der Waals surface area contributed by atoms with Gasteiger partial charge in [-0.1, -0.05) is 0 Å². The number of phenols is 1. The summed E-state index contributed by atoms with van der Waals surface area (Å²) in [7, 11) is 0. The van der Waals surface area contributed by atoms with Crippen LogP contribution in [0, 0.1) is 11.3 Å². The largest absolute Gasteiger partial charge is 0.508 e. The number of carbonyl (C=O) groups excluding carboxylic acids is 1. The van der Waals surface area contributed by atoms with E-state index < -0.39 is 54.7 Å². The third-order valence-corrected chi connectivity index (χ3v) is 4.13. The van der Waals surface area contributed by atoms with Crippen molar-refractivity contribution in [3.63, 3.8) is 0 Å². The Balaban J connectivity index is 3.41. The molecule has 6 N–H and O–H groups in total. The van der Waals surface area contributed by atoms with Crippen LogP contribution in [-0.4, -0.2) is 75.3 Å². The van der Waals surface area contributed by atoms with Gasteiger partial charge in [0.25, 0.3) is 0 Å². The quantitative estimate of drug-likeness (QED) is 0.189. The van der Waals surface area contributed by atoms with E-state index in [1.165, 1.54) is 25.1 Å². The summed E-state index contributed by atoms with van der Waals surface area (Å²) in [5.41, 5.74) is -2.06. The molecule has 12 heteroatoms. The number of anilines is 1. The highest BCUT2D eigenvalue weighted by Crippen LogP contribution is 2.35. The van der Waals surface area contributed by atoms with Crippen molar-refractivity contribution < 1.29 is 39.6 Å². The first kappa shape index (κ1) is 24.3. The van der Waals surface area contributed by atoms with Crippen LogP contribution in [0.5, 0.6) is 5.75 Å². The number of aromatic hydroxyl groups is 1. The third-order valence-electron chi connectivity index (χ3n) is 4.13. The molecule has 0 aromatic heterocycles. The number of carbonyl (C=O) groups is 4. The van der Waals surface area contributed by atoms with Crippen LogP contribution in [0.3, 0.4) is 0 Å². The average molecular weight is 422 g/mol. The number of phenolic OH excluding ortho intramolecular Hbond substituents is 1. The van der Waals surface area contributed by atoms with Crippen LogP contribution in [0.15, 0.2) is 18.2 Å². The lowest BCUT2D eigenvalue weighted by molar-refractivity contribution is -0.146. The zero-order chi connectivity index (χ0) is 22.9. The Morgan fingerprint density at radius 3 is 2.20 bits per heavy atom. The maximum Gasteiger partial charge on any atom is 0.328 e. The summed E-state index contributed by atoms with van der Waals surface area (Å²) in [6.07, 6.45) is -0.387. The van der Waals surface area contributed by atoms with Gasteiger partial charge >= 0.3 is 17.9 Å². The Morgan fingerprint density at radius 1 is 1.13 bits per heavy atom. The number of nitriles is 1. The van der Waals surface area contributed by atoms with Crippen molar-refractivity contribution >= 4 is 29.5 Å². The third kappa shape index (κ3) is 6.73. The molecule has 0 radical (unpaired) electrons. The van der Waals surface area contributed by atoms with Crippen molar-refractivity contribution in [2.75, 3.05) is 31.5 Å². The number of nitrogens with zero attached hydrogens (tertiary/aromatic N) is 2. The maximum absolute atomic E-state index is 12.2. The number of amides is 1. The molecule has 0 spiro atoms. The lowest BCUT2D eigenvalue weighted by Gasteiger charge is -2.33. The molecular weight excluding hydrogens is 400 g/mol. The molecule has 1 aromatic carbocycles. The molecule has 1 rings (SSSR count). The minimum Gasteiger partial charge on any atom is -0.508 e. The summed E-state index contributed by atoms with van der Waals surface area (Å²) in [6, 6.07) is 5.47. The van der Waals surface area contributed by atoms with Crippen LogP contribution >= 0.6 is 0 Å². The number of carboxylic acids is 3. The number of nitrogens with one attached hydrogen (secondary N) is 2. The standard InChI is InChI=1S/C18H22N4O8/c1-11(23)21-12-2-3-14(24)13(8-12)18(17(29)30,20-6-5-19)4-7-22(9-15(25)26)10-16(27)28/h2-3,8,20,24H,4,6-7,9-10H2,1H3,(H,21,23)(H,25,26)(H,27,28)(H,29,30). The normalized spacial score (nSPS) is 12.6. The molecule has 1 atom stereocenters. The molecule has 162 valence electrons. The van der Waals surface area contributed by atoms with E-state index in [-0.39, 0.29) is 24.2 Å². The number of carboxylic acid groups (broad SMARTS) is 3. The lowest BCUT2D eigenvalue weighted by atomic mass is 9.85. The highest BCUT2D eigenvalue weighted by atomic mass is 16.4. The zero-order valence-electron chi connectivity index (χ0n) is 16.1.